The van der Waals surface area contributed by atoms with Crippen molar-refractivity contribution < 1.29 is 4.74 Å². The monoisotopic (exact) mass is 219 g/mol. The molecule has 1 aliphatic carbocycles. The maximum atomic E-state index is 5.81. The van der Waals surface area contributed by atoms with Gasteiger partial charge in [-0.2, -0.15) is 0 Å². The van der Waals surface area contributed by atoms with E-state index in [0.29, 0.717) is 17.3 Å². The lowest BCUT2D eigenvalue weighted by molar-refractivity contribution is 0.411. The highest BCUT2D eigenvalue weighted by Gasteiger charge is 2.57. The molecule has 1 fully saturated rings. The molecule has 2 nitrogen and oxygen atoms in total. The van der Waals surface area contributed by atoms with Gasteiger partial charge in [0.15, 0.2) is 0 Å². The van der Waals surface area contributed by atoms with Gasteiger partial charge in [0.05, 0.1) is 7.11 Å². The molecule has 0 radical (unpaired) electrons. The molecule has 1 aromatic rings. The van der Waals surface area contributed by atoms with Crippen molar-refractivity contribution >= 4 is 0 Å². The molecule has 2 atom stereocenters. The predicted octanol–water partition coefficient (Wildman–Crippen LogP) is 2.70. The molecule has 0 bridgehead atoms. The van der Waals surface area contributed by atoms with Crippen LogP contribution in [0.3, 0.4) is 0 Å². The van der Waals surface area contributed by atoms with Gasteiger partial charge in [0, 0.05) is 0 Å². The zero-order valence-electron chi connectivity index (χ0n) is 10.6. The van der Waals surface area contributed by atoms with E-state index >= 15 is 0 Å². The summed E-state index contributed by atoms with van der Waals surface area (Å²) in [5.41, 5.74) is 8.77. The number of hydrogen-bond acceptors (Lipinski definition) is 2. The van der Waals surface area contributed by atoms with Gasteiger partial charge in [-0.15, -0.1) is 0 Å². The van der Waals surface area contributed by atoms with Crippen molar-refractivity contribution in [2.24, 2.45) is 17.1 Å². The molecule has 2 rings (SSSR count). The van der Waals surface area contributed by atoms with E-state index in [1.165, 1.54) is 11.1 Å². The summed E-state index contributed by atoms with van der Waals surface area (Å²) in [6.07, 6.45) is 0. The molecule has 0 aromatic heterocycles. The number of ether oxygens (including phenoxy) is 1. The van der Waals surface area contributed by atoms with Crippen LogP contribution in [-0.4, -0.2) is 13.7 Å². The van der Waals surface area contributed by atoms with Crippen LogP contribution in [-0.2, 0) is 0 Å². The number of hydrogen-bond donors (Lipinski definition) is 1. The number of aryl methyl sites for hydroxylation is 1. The molecule has 0 unspecified atom stereocenters. The minimum Gasteiger partial charge on any atom is -0.496 e. The molecule has 0 saturated heterocycles. The first-order valence-corrected chi connectivity index (χ1v) is 5.87. The van der Waals surface area contributed by atoms with Gasteiger partial charge in [-0.25, -0.2) is 0 Å². The summed E-state index contributed by atoms with van der Waals surface area (Å²) < 4.78 is 5.28. The fraction of sp³-hybridized carbons (Fsp3) is 0.571. The molecular weight excluding hydrogens is 198 g/mol. The Labute approximate surface area is 97.8 Å². The van der Waals surface area contributed by atoms with Crippen LogP contribution < -0.4 is 10.5 Å². The third-order valence-electron chi connectivity index (χ3n) is 4.08. The van der Waals surface area contributed by atoms with Crippen molar-refractivity contribution in [3.05, 3.63) is 29.3 Å². The Bertz CT molecular complexity index is 398. The van der Waals surface area contributed by atoms with Crippen LogP contribution >= 0.6 is 0 Å². The first-order valence-electron chi connectivity index (χ1n) is 5.87. The normalized spacial score (nSPS) is 26.6. The van der Waals surface area contributed by atoms with Gasteiger partial charge in [0.25, 0.3) is 0 Å². The topological polar surface area (TPSA) is 35.2 Å². The third-order valence-corrected chi connectivity index (χ3v) is 4.08. The maximum Gasteiger partial charge on any atom is 0.121 e. The lowest BCUT2D eigenvalue weighted by atomic mass is 10.0. The largest absolute Gasteiger partial charge is 0.496 e. The lowest BCUT2D eigenvalue weighted by Crippen LogP contribution is -2.05. The lowest BCUT2D eigenvalue weighted by Gasteiger charge is -2.08. The van der Waals surface area contributed by atoms with E-state index < -0.39 is 0 Å². The molecule has 1 aromatic carbocycles. The van der Waals surface area contributed by atoms with Gasteiger partial charge in [-0.1, -0.05) is 26.0 Å². The van der Waals surface area contributed by atoms with Crippen molar-refractivity contribution in [2.75, 3.05) is 13.7 Å². The Balaban J connectivity index is 2.27. The Kier molecular flexibility index (Phi) is 2.70. The number of benzene rings is 1. The van der Waals surface area contributed by atoms with Crippen LogP contribution in [0.2, 0.25) is 0 Å². The zero-order valence-corrected chi connectivity index (χ0v) is 10.6. The highest BCUT2D eigenvalue weighted by atomic mass is 16.5. The fourth-order valence-corrected chi connectivity index (χ4v) is 2.94. The summed E-state index contributed by atoms with van der Waals surface area (Å²) in [6, 6.07) is 6.47. The Morgan fingerprint density at radius 1 is 1.38 bits per heavy atom. The minimum atomic E-state index is 0.357. The predicted molar refractivity (Wildman–Crippen MR) is 66.8 cm³/mol. The maximum absolute atomic E-state index is 5.81. The van der Waals surface area contributed by atoms with Gasteiger partial charge in [-0.3, -0.25) is 0 Å². The van der Waals surface area contributed by atoms with Crippen molar-refractivity contribution in [3.8, 4) is 5.75 Å². The van der Waals surface area contributed by atoms with Crippen LogP contribution in [0.25, 0.3) is 0 Å². The summed E-state index contributed by atoms with van der Waals surface area (Å²) >= 11 is 0. The zero-order chi connectivity index (χ0) is 11.9. The molecule has 2 heteroatoms. The van der Waals surface area contributed by atoms with Gasteiger partial charge in [0.2, 0.25) is 0 Å². The molecule has 1 aliphatic rings. The second-order valence-electron chi connectivity index (χ2n) is 5.37. The van der Waals surface area contributed by atoms with Gasteiger partial charge in [0.1, 0.15) is 5.75 Å². The summed E-state index contributed by atoms with van der Waals surface area (Å²) in [5.74, 6) is 2.20. The van der Waals surface area contributed by atoms with E-state index in [2.05, 4.69) is 39.0 Å². The molecule has 0 aliphatic heterocycles. The molecule has 16 heavy (non-hydrogen) atoms. The second kappa shape index (κ2) is 3.77. The van der Waals surface area contributed by atoms with Crippen molar-refractivity contribution in [2.45, 2.75) is 26.7 Å². The standard InChI is InChI=1S/C14H21NO/c1-9-7-10(5-6-12(9)16-4)13-11(8-15)14(13,2)3/h5-7,11,13H,8,15H2,1-4H3/t11-,13-/m0/s1. The fourth-order valence-electron chi connectivity index (χ4n) is 2.94. The average molecular weight is 219 g/mol. The average Bonchev–Trinajstić information content (AvgIpc) is 2.80. The van der Waals surface area contributed by atoms with E-state index in [9.17, 15) is 0 Å². The first-order chi connectivity index (χ1) is 7.52. The van der Waals surface area contributed by atoms with Crippen molar-refractivity contribution in [1.29, 1.82) is 0 Å². The minimum absolute atomic E-state index is 0.357. The Morgan fingerprint density at radius 3 is 2.50 bits per heavy atom. The van der Waals surface area contributed by atoms with Crippen LogP contribution in [0, 0.1) is 18.3 Å². The van der Waals surface area contributed by atoms with E-state index in [4.69, 9.17) is 10.5 Å². The Morgan fingerprint density at radius 2 is 2.06 bits per heavy atom. The highest BCUT2D eigenvalue weighted by molar-refractivity contribution is 5.41. The highest BCUT2D eigenvalue weighted by Crippen LogP contribution is 2.63. The molecule has 88 valence electrons. The molecule has 1 saturated carbocycles. The van der Waals surface area contributed by atoms with Crippen LogP contribution in [0.1, 0.15) is 30.9 Å². The summed E-state index contributed by atoms with van der Waals surface area (Å²) in [7, 11) is 1.71. The van der Waals surface area contributed by atoms with E-state index in [-0.39, 0.29) is 0 Å². The summed E-state index contributed by atoms with van der Waals surface area (Å²) in [4.78, 5) is 0. The second-order valence-corrected chi connectivity index (χ2v) is 5.37. The van der Waals surface area contributed by atoms with Gasteiger partial charge in [-0.05, 0) is 47.9 Å². The molecule has 0 spiro atoms. The third kappa shape index (κ3) is 1.61. The van der Waals surface area contributed by atoms with Crippen molar-refractivity contribution in [1.82, 2.24) is 0 Å². The number of methoxy groups -OCH3 is 1. The molecule has 0 heterocycles. The SMILES string of the molecule is COc1ccc([C@H]2[C@H](CN)C2(C)C)cc1C. The summed E-state index contributed by atoms with van der Waals surface area (Å²) in [5, 5.41) is 0. The van der Waals surface area contributed by atoms with Crippen LogP contribution in [0.4, 0.5) is 0 Å². The molecule has 2 N–H and O–H groups in total. The first kappa shape index (κ1) is 11.5. The van der Waals surface area contributed by atoms with Crippen LogP contribution in [0.15, 0.2) is 18.2 Å². The van der Waals surface area contributed by atoms with Crippen molar-refractivity contribution in [3.63, 3.8) is 0 Å². The number of rotatable bonds is 3. The van der Waals surface area contributed by atoms with E-state index in [1.54, 1.807) is 7.11 Å². The summed E-state index contributed by atoms with van der Waals surface area (Å²) in [6.45, 7) is 7.47. The number of nitrogens with two attached hydrogens (primary N) is 1. The Hall–Kier alpha value is -1.02. The molecular formula is C14H21NO. The van der Waals surface area contributed by atoms with E-state index in [1.807, 2.05) is 0 Å². The van der Waals surface area contributed by atoms with E-state index in [0.717, 1.165) is 12.3 Å². The van der Waals surface area contributed by atoms with Crippen LogP contribution in [0.5, 0.6) is 5.75 Å². The quantitative estimate of drug-likeness (QED) is 0.848. The van der Waals surface area contributed by atoms with Gasteiger partial charge >= 0.3 is 0 Å². The molecule has 0 amide bonds. The smallest absolute Gasteiger partial charge is 0.121 e. The van der Waals surface area contributed by atoms with Gasteiger partial charge < -0.3 is 10.5 Å².